The number of hydrogen-bond donors (Lipinski definition) is 0. The molecule has 0 N–H and O–H groups in total. The van der Waals surface area contributed by atoms with Gasteiger partial charge in [-0.05, 0) is 12.1 Å². The van der Waals surface area contributed by atoms with Gasteiger partial charge in [0.1, 0.15) is 15.6 Å². The van der Waals surface area contributed by atoms with E-state index in [-0.39, 0.29) is 4.90 Å². The minimum absolute atomic E-state index is 0.0239. The summed E-state index contributed by atoms with van der Waals surface area (Å²) in [5, 5.41) is 4.95. The van der Waals surface area contributed by atoms with Crippen LogP contribution in [0, 0.1) is 0 Å². The Morgan fingerprint density at radius 3 is 2.67 bits per heavy atom. The fourth-order valence-corrected chi connectivity index (χ4v) is 2.54. The van der Waals surface area contributed by atoms with Gasteiger partial charge in [-0.15, -0.1) is 0 Å². The van der Waals surface area contributed by atoms with E-state index in [1.54, 1.807) is 19.2 Å². The first-order valence-corrected chi connectivity index (χ1v) is 6.66. The predicted molar refractivity (Wildman–Crippen MR) is 58.8 cm³/mol. The largest absolute Gasteiger partial charge is 0.263 e. The number of fused-ring (bicyclic) bond motifs is 1. The molecule has 1 heterocycles. The quantitative estimate of drug-likeness (QED) is 0.742. The number of hydrogen-bond acceptors (Lipinski definition) is 3. The second-order valence-electron chi connectivity index (χ2n) is 3.00. The molecule has 15 heavy (non-hydrogen) atoms. The van der Waals surface area contributed by atoms with Crippen LogP contribution < -0.4 is 0 Å². The van der Waals surface area contributed by atoms with Gasteiger partial charge in [-0.3, -0.25) is 4.68 Å². The summed E-state index contributed by atoms with van der Waals surface area (Å²) in [4.78, 5) is -0.0239. The third-order valence-corrected chi connectivity index (χ3v) is 3.82. The highest BCUT2D eigenvalue weighted by Crippen LogP contribution is 2.29. The van der Waals surface area contributed by atoms with Crippen molar-refractivity contribution in [1.29, 1.82) is 0 Å². The van der Waals surface area contributed by atoms with Crippen LogP contribution in [0.2, 0.25) is 5.15 Å². The third-order valence-electron chi connectivity index (χ3n) is 2.02. The predicted octanol–water partition coefficient (Wildman–Crippen LogP) is 2.15. The normalized spacial score (nSPS) is 12.2. The van der Waals surface area contributed by atoms with Crippen LogP contribution >= 0.6 is 22.3 Å². The Balaban J connectivity index is 2.96. The first kappa shape index (κ1) is 10.7. The maximum atomic E-state index is 11.2. The van der Waals surface area contributed by atoms with E-state index in [0.29, 0.717) is 16.1 Å². The Labute approximate surface area is 95.8 Å². The Kier molecular flexibility index (Phi) is 2.41. The molecule has 0 radical (unpaired) electrons. The Morgan fingerprint density at radius 1 is 1.40 bits per heavy atom. The fraction of sp³-hybridized carbons (Fsp3) is 0.125. The molecule has 0 spiro atoms. The lowest BCUT2D eigenvalue weighted by Crippen LogP contribution is -1.93. The molecule has 7 heteroatoms. The first-order chi connectivity index (χ1) is 6.91. The minimum Gasteiger partial charge on any atom is -0.256 e. The van der Waals surface area contributed by atoms with Crippen LogP contribution in [0.5, 0.6) is 0 Å². The summed E-state index contributed by atoms with van der Waals surface area (Å²) >= 11 is 5.93. The fourth-order valence-electron chi connectivity index (χ4n) is 1.36. The zero-order valence-corrected chi connectivity index (χ0v) is 9.94. The summed E-state index contributed by atoms with van der Waals surface area (Å²) in [6, 6.07) is 4.66. The SMILES string of the molecule is Cn1nc2c(S(=O)(=O)Cl)cccc2c1Cl. The molecule has 0 atom stereocenters. The van der Waals surface area contributed by atoms with Crippen molar-refractivity contribution in [2.75, 3.05) is 0 Å². The molecule has 80 valence electrons. The highest BCUT2D eigenvalue weighted by Gasteiger charge is 2.18. The second-order valence-corrected chi connectivity index (χ2v) is 5.90. The third kappa shape index (κ3) is 1.71. The van der Waals surface area contributed by atoms with E-state index in [4.69, 9.17) is 22.3 Å². The zero-order chi connectivity index (χ0) is 11.2. The van der Waals surface area contributed by atoms with Crippen molar-refractivity contribution in [3.05, 3.63) is 23.4 Å². The maximum Gasteiger partial charge on any atom is 0.263 e. The van der Waals surface area contributed by atoms with E-state index >= 15 is 0 Å². The molecule has 0 unspecified atom stereocenters. The molecule has 0 aliphatic heterocycles. The van der Waals surface area contributed by atoms with E-state index in [1.165, 1.54) is 10.7 Å². The molecule has 1 aromatic heterocycles. The van der Waals surface area contributed by atoms with Crippen LogP contribution in [0.25, 0.3) is 10.9 Å². The molecule has 1 aromatic carbocycles. The van der Waals surface area contributed by atoms with Crippen LogP contribution in [-0.2, 0) is 16.1 Å². The number of nitrogens with zero attached hydrogens (tertiary/aromatic N) is 2. The Bertz CT molecular complexity index is 633. The van der Waals surface area contributed by atoms with E-state index in [0.717, 1.165) is 0 Å². The standard InChI is InChI=1S/C8H6Cl2N2O2S/c1-12-8(9)5-3-2-4-6(7(5)11-12)15(10,13)14/h2-4H,1H3. The molecular weight excluding hydrogens is 259 g/mol. The van der Waals surface area contributed by atoms with Gasteiger partial charge in [0.15, 0.2) is 0 Å². The molecule has 4 nitrogen and oxygen atoms in total. The van der Waals surface area contributed by atoms with Crippen molar-refractivity contribution >= 4 is 42.2 Å². The van der Waals surface area contributed by atoms with Crippen molar-refractivity contribution in [2.24, 2.45) is 7.05 Å². The Morgan fingerprint density at radius 2 is 2.07 bits per heavy atom. The van der Waals surface area contributed by atoms with Gasteiger partial charge in [0.2, 0.25) is 0 Å². The van der Waals surface area contributed by atoms with Gasteiger partial charge in [-0.25, -0.2) is 8.42 Å². The number of halogens is 2. The molecule has 2 rings (SSSR count). The molecular formula is C8H6Cl2N2O2S. The van der Waals surface area contributed by atoms with Gasteiger partial charge in [0.05, 0.1) is 0 Å². The van der Waals surface area contributed by atoms with Gasteiger partial charge in [0, 0.05) is 23.1 Å². The summed E-state index contributed by atoms with van der Waals surface area (Å²) in [7, 11) is 3.12. The smallest absolute Gasteiger partial charge is 0.256 e. The van der Waals surface area contributed by atoms with Crippen LogP contribution in [0.3, 0.4) is 0 Å². The lowest BCUT2D eigenvalue weighted by atomic mass is 10.3. The van der Waals surface area contributed by atoms with Gasteiger partial charge in [-0.1, -0.05) is 17.7 Å². The maximum absolute atomic E-state index is 11.2. The summed E-state index contributed by atoms with van der Waals surface area (Å²) in [6.07, 6.45) is 0. The van der Waals surface area contributed by atoms with Crippen molar-refractivity contribution in [3.63, 3.8) is 0 Å². The average Bonchev–Trinajstić information content (AvgIpc) is 2.41. The van der Waals surface area contributed by atoms with Crippen molar-refractivity contribution in [3.8, 4) is 0 Å². The van der Waals surface area contributed by atoms with Crippen molar-refractivity contribution in [1.82, 2.24) is 9.78 Å². The van der Waals surface area contributed by atoms with E-state index in [9.17, 15) is 8.42 Å². The van der Waals surface area contributed by atoms with Crippen LogP contribution in [0.15, 0.2) is 23.1 Å². The van der Waals surface area contributed by atoms with Gasteiger partial charge in [0.25, 0.3) is 9.05 Å². The van der Waals surface area contributed by atoms with Crippen molar-refractivity contribution < 1.29 is 8.42 Å². The topological polar surface area (TPSA) is 52.0 Å². The number of aryl methyl sites for hydroxylation is 1. The van der Waals surface area contributed by atoms with Gasteiger partial charge >= 0.3 is 0 Å². The van der Waals surface area contributed by atoms with E-state index < -0.39 is 9.05 Å². The first-order valence-electron chi connectivity index (χ1n) is 3.97. The molecule has 0 bridgehead atoms. The zero-order valence-electron chi connectivity index (χ0n) is 7.61. The van der Waals surface area contributed by atoms with Gasteiger partial charge < -0.3 is 0 Å². The van der Waals surface area contributed by atoms with Crippen LogP contribution in [0.4, 0.5) is 0 Å². The second kappa shape index (κ2) is 3.37. The minimum atomic E-state index is -3.80. The van der Waals surface area contributed by atoms with Gasteiger partial charge in [-0.2, -0.15) is 5.10 Å². The Hall–Kier alpha value is -0.780. The lowest BCUT2D eigenvalue weighted by Gasteiger charge is -1.95. The average molecular weight is 265 g/mol. The number of rotatable bonds is 1. The highest BCUT2D eigenvalue weighted by molar-refractivity contribution is 8.14. The summed E-state index contributed by atoms with van der Waals surface area (Å²) in [5.74, 6) is 0. The van der Waals surface area contributed by atoms with Crippen molar-refractivity contribution in [2.45, 2.75) is 4.90 Å². The summed E-state index contributed by atoms with van der Waals surface area (Å²) in [5.41, 5.74) is 0.292. The molecule has 0 aliphatic carbocycles. The monoisotopic (exact) mass is 264 g/mol. The number of aromatic nitrogens is 2. The number of benzene rings is 1. The molecule has 0 aliphatic rings. The highest BCUT2D eigenvalue weighted by atomic mass is 35.7. The molecule has 0 fully saturated rings. The van der Waals surface area contributed by atoms with Crippen LogP contribution in [-0.4, -0.2) is 18.2 Å². The van der Waals surface area contributed by atoms with E-state index in [2.05, 4.69) is 5.10 Å². The molecule has 0 amide bonds. The van der Waals surface area contributed by atoms with Crippen LogP contribution in [0.1, 0.15) is 0 Å². The molecule has 2 aromatic rings. The summed E-state index contributed by atoms with van der Waals surface area (Å²) < 4.78 is 23.9. The molecule has 0 saturated heterocycles. The van der Waals surface area contributed by atoms with E-state index in [1.807, 2.05) is 0 Å². The molecule has 0 saturated carbocycles. The lowest BCUT2D eigenvalue weighted by molar-refractivity contribution is 0.610. The summed E-state index contributed by atoms with van der Waals surface area (Å²) in [6.45, 7) is 0.